The second kappa shape index (κ2) is 6.76. The third kappa shape index (κ3) is 4.59. The number of benzene rings is 1. The molecule has 0 radical (unpaired) electrons. The van der Waals surface area contributed by atoms with Crippen LogP contribution in [0, 0.1) is 0 Å². The van der Waals surface area contributed by atoms with E-state index in [-0.39, 0.29) is 0 Å². The van der Waals surface area contributed by atoms with Crippen molar-refractivity contribution < 1.29 is 18.0 Å². The highest BCUT2D eigenvalue weighted by Gasteiger charge is 2.32. The Kier molecular flexibility index (Phi) is 5.16. The van der Waals surface area contributed by atoms with Crippen LogP contribution in [0.15, 0.2) is 45.8 Å². The predicted molar refractivity (Wildman–Crippen MR) is 83.5 cm³/mol. The first-order chi connectivity index (χ1) is 10.7. The maximum atomic E-state index is 12.7. The molecule has 9 heteroatoms. The summed E-state index contributed by atoms with van der Waals surface area (Å²) in [6.45, 7) is -0.588. The van der Waals surface area contributed by atoms with E-state index in [1.54, 1.807) is 24.3 Å². The van der Waals surface area contributed by atoms with Crippen molar-refractivity contribution in [2.45, 2.75) is 12.7 Å². The third-order valence-electron chi connectivity index (χ3n) is 2.79. The molecule has 1 N–H and O–H groups in total. The summed E-state index contributed by atoms with van der Waals surface area (Å²) in [7, 11) is 0. The van der Waals surface area contributed by atoms with Gasteiger partial charge in [0.15, 0.2) is 0 Å². The van der Waals surface area contributed by atoms with E-state index < -0.39 is 34.8 Å². The maximum absolute atomic E-state index is 12.7. The number of hydrogen-bond acceptors (Lipinski definition) is 2. The summed E-state index contributed by atoms with van der Waals surface area (Å²) < 4.78 is 39.5. The zero-order valence-corrected chi connectivity index (χ0v) is 13.7. The van der Waals surface area contributed by atoms with Gasteiger partial charge in [0.2, 0.25) is 5.91 Å². The molecule has 4 nitrogen and oxygen atoms in total. The van der Waals surface area contributed by atoms with Crippen molar-refractivity contribution in [2.75, 3.05) is 5.32 Å². The zero-order valence-electron chi connectivity index (χ0n) is 11.3. The molecule has 0 bridgehead atoms. The molecule has 0 fully saturated rings. The van der Waals surface area contributed by atoms with Crippen LogP contribution in [0.1, 0.15) is 5.56 Å². The number of alkyl halides is 3. The topological polar surface area (TPSA) is 51.1 Å². The Bertz CT molecular complexity index is 805. The summed E-state index contributed by atoms with van der Waals surface area (Å²) in [5.74, 6) is -0.652. The Morgan fingerprint density at radius 1 is 1.30 bits per heavy atom. The Labute approximate surface area is 142 Å². The maximum Gasteiger partial charge on any atom is 0.417 e. The molecule has 0 unspecified atom stereocenters. The van der Waals surface area contributed by atoms with Crippen molar-refractivity contribution in [1.82, 2.24) is 4.57 Å². The van der Waals surface area contributed by atoms with Gasteiger partial charge in [-0.25, -0.2) is 0 Å². The minimum Gasteiger partial charge on any atom is -0.324 e. The van der Waals surface area contributed by atoms with Crippen LogP contribution in [-0.4, -0.2) is 10.5 Å². The lowest BCUT2D eigenvalue weighted by molar-refractivity contribution is -0.138. The highest BCUT2D eigenvalue weighted by Crippen LogP contribution is 2.29. The Balaban J connectivity index is 2.24. The number of pyridine rings is 1. The first kappa shape index (κ1) is 17.6. The third-order valence-corrected chi connectivity index (χ3v) is 3.56. The molecule has 1 aromatic carbocycles. The summed E-state index contributed by atoms with van der Waals surface area (Å²) in [5.41, 5.74) is -1.53. The smallest absolute Gasteiger partial charge is 0.324 e. The van der Waals surface area contributed by atoms with E-state index in [4.69, 9.17) is 11.6 Å². The van der Waals surface area contributed by atoms with Crippen molar-refractivity contribution >= 4 is 39.1 Å². The molecule has 0 aliphatic carbocycles. The van der Waals surface area contributed by atoms with Crippen LogP contribution in [-0.2, 0) is 17.5 Å². The lowest BCUT2D eigenvalue weighted by Gasteiger charge is -2.12. The number of anilines is 1. The van der Waals surface area contributed by atoms with Gasteiger partial charge in [0.05, 0.1) is 5.56 Å². The molecule has 1 heterocycles. The second-order valence-electron chi connectivity index (χ2n) is 4.57. The van der Waals surface area contributed by atoms with Crippen molar-refractivity contribution in [3.05, 3.63) is 61.9 Å². The molecule has 23 heavy (non-hydrogen) atoms. The standard InChI is InChI=1S/C14H9BrClF3N2O2/c15-9-2-1-3-10(5-9)20-12(22)7-21-6-8(14(17,18)19)4-11(16)13(21)23/h1-6H,7H2,(H,20,22). The summed E-state index contributed by atoms with van der Waals surface area (Å²) >= 11 is 8.74. The largest absolute Gasteiger partial charge is 0.417 e. The summed E-state index contributed by atoms with van der Waals surface area (Å²) in [6.07, 6.45) is -4.10. The summed E-state index contributed by atoms with van der Waals surface area (Å²) in [4.78, 5) is 23.7. The number of halogens is 5. The molecule has 0 spiro atoms. The van der Waals surface area contributed by atoms with Crippen molar-refractivity contribution in [3.63, 3.8) is 0 Å². The fourth-order valence-electron chi connectivity index (χ4n) is 1.79. The van der Waals surface area contributed by atoms with Crippen LogP contribution in [0.3, 0.4) is 0 Å². The van der Waals surface area contributed by atoms with Crippen LogP contribution in [0.5, 0.6) is 0 Å². The van der Waals surface area contributed by atoms with Crippen LogP contribution in [0.4, 0.5) is 18.9 Å². The van der Waals surface area contributed by atoms with Crippen LogP contribution < -0.4 is 10.9 Å². The van der Waals surface area contributed by atoms with E-state index in [0.29, 0.717) is 22.5 Å². The van der Waals surface area contributed by atoms with E-state index in [0.717, 1.165) is 4.47 Å². The molecular formula is C14H9BrClF3N2O2. The van der Waals surface area contributed by atoms with Gasteiger partial charge in [-0.2, -0.15) is 13.2 Å². The van der Waals surface area contributed by atoms with Gasteiger partial charge >= 0.3 is 6.18 Å². The highest BCUT2D eigenvalue weighted by atomic mass is 79.9. The van der Waals surface area contributed by atoms with Gasteiger partial charge in [-0.15, -0.1) is 0 Å². The van der Waals surface area contributed by atoms with Gasteiger partial charge < -0.3 is 9.88 Å². The van der Waals surface area contributed by atoms with Gasteiger partial charge in [-0.3, -0.25) is 9.59 Å². The summed E-state index contributed by atoms with van der Waals surface area (Å²) in [5, 5.41) is 1.88. The van der Waals surface area contributed by atoms with Crippen molar-refractivity contribution in [3.8, 4) is 0 Å². The van der Waals surface area contributed by atoms with E-state index in [9.17, 15) is 22.8 Å². The van der Waals surface area contributed by atoms with Crippen LogP contribution in [0.25, 0.3) is 0 Å². The Hall–Kier alpha value is -1.80. The number of rotatable bonds is 3. The number of aromatic nitrogens is 1. The van der Waals surface area contributed by atoms with Gasteiger partial charge in [-0.05, 0) is 24.3 Å². The van der Waals surface area contributed by atoms with Crippen LogP contribution >= 0.6 is 27.5 Å². The lowest BCUT2D eigenvalue weighted by Crippen LogP contribution is -2.29. The number of carbonyl (C=O) groups is 1. The number of nitrogens with one attached hydrogen (secondary N) is 1. The van der Waals surface area contributed by atoms with Gasteiger partial charge in [0.1, 0.15) is 11.6 Å². The molecule has 2 aromatic rings. The SMILES string of the molecule is O=C(Cn1cc(C(F)(F)F)cc(Cl)c1=O)Nc1cccc(Br)c1. The normalized spacial score (nSPS) is 11.3. The van der Waals surface area contributed by atoms with E-state index in [1.807, 2.05) is 0 Å². The zero-order chi connectivity index (χ0) is 17.2. The van der Waals surface area contributed by atoms with E-state index in [2.05, 4.69) is 21.2 Å². The van der Waals surface area contributed by atoms with E-state index >= 15 is 0 Å². The first-order valence-corrected chi connectivity index (χ1v) is 7.36. The van der Waals surface area contributed by atoms with Gasteiger partial charge in [-0.1, -0.05) is 33.6 Å². The average molecular weight is 410 g/mol. The van der Waals surface area contributed by atoms with Gasteiger partial charge in [0, 0.05) is 16.4 Å². The minimum absolute atomic E-state index is 0.440. The molecule has 1 aromatic heterocycles. The molecule has 122 valence electrons. The quantitative estimate of drug-likeness (QED) is 0.835. The minimum atomic E-state index is -4.67. The fourth-order valence-corrected chi connectivity index (χ4v) is 2.42. The Morgan fingerprint density at radius 3 is 2.61 bits per heavy atom. The Morgan fingerprint density at radius 2 is 2.00 bits per heavy atom. The molecule has 0 aliphatic rings. The number of carbonyl (C=O) groups excluding carboxylic acids is 1. The fraction of sp³-hybridized carbons (Fsp3) is 0.143. The molecule has 0 aliphatic heterocycles. The average Bonchev–Trinajstić information content (AvgIpc) is 2.42. The van der Waals surface area contributed by atoms with Gasteiger partial charge in [0.25, 0.3) is 5.56 Å². The molecule has 0 atom stereocenters. The molecular weight excluding hydrogens is 401 g/mol. The molecule has 2 rings (SSSR count). The van der Waals surface area contributed by atoms with E-state index in [1.165, 1.54) is 0 Å². The van der Waals surface area contributed by atoms with Crippen LogP contribution in [0.2, 0.25) is 5.02 Å². The second-order valence-corrected chi connectivity index (χ2v) is 5.89. The lowest BCUT2D eigenvalue weighted by atomic mass is 10.2. The summed E-state index contributed by atoms with van der Waals surface area (Å²) in [6, 6.07) is 7.16. The molecule has 1 amide bonds. The number of hydrogen-bond donors (Lipinski definition) is 1. The first-order valence-electron chi connectivity index (χ1n) is 6.19. The monoisotopic (exact) mass is 408 g/mol. The number of nitrogens with zero attached hydrogens (tertiary/aromatic N) is 1. The van der Waals surface area contributed by atoms with Crippen molar-refractivity contribution in [1.29, 1.82) is 0 Å². The molecule has 0 saturated carbocycles. The predicted octanol–water partition coefficient (Wildman–Crippen LogP) is 3.92. The number of amides is 1. The highest BCUT2D eigenvalue weighted by molar-refractivity contribution is 9.10. The van der Waals surface area contributed by atoms with Crippen molar-refractivity contribution in [2.24, 2.45) is 0 Å². The molecule has 0 saturated heterocycles.